The number of piperidine rings is 1. The summed E-state index contributed by atoms with van der Waals surface area (Å²) >= 11 is 0. The lowest BCUT2D eigenvalue weighted by Gasteiger charge is -2.33. The Bertz CT molecular complexity index is 712. The predicted molar refractivity (Wildman–Crippen MR) is 93.5 cm³/mol. The van der Waals surface area contributed by atoms with Crippen molar-refractivity contribution in [1.82, 2.24) is 4.90 Å². The third-order valence-electron chi connectivity index (χ3n) is 4.86. The summed E-state index contributed by atoms with van der Waals surface area (Å²) in [5.74, 6) is -1.28. The average molecular weight is 358 g/mol. The molecule has 2 heterocycles. The van der Waals surface area contributed by atoms with Gasteiger partial charge in [-0.2, -0.15) is 0 Å². The van der Waals surface area contributed by atoms with E-state index in [0.29, 0.717) is 12.2 Å². The number of likely N-dealkylation sites (tertiary alicyclic amines) is 1. The summed E-state index contributed by atoms with van der Waals surface area (Å²) in [7, 11) is 0. The van der Waals surface area contributed by atoms with Gasteiger partial charge < -0.3 is 9.64 Å². The van der Waals surface area contributed by atoms with Crippen molar-refractivity contribution in [1.29, 1.82) is 0 Å². The van der Waals surface area contributed by atoms with Gasteiger partial charge in [-0.05, 0) is 50.5 Å². The van der Waals surface area contributed by atoms with Crippen LogP contribution in [0, 0.1) is 0 Å². The number of hydrogen-bond acceptors (Lipinski definition) is 5. The van der Waals surface area contributed by atoms with E-state index in [0.717, 1.165) is 24.2 Å². The first kappa shape index (κ1) is 18.1. The van der Waals surface area contributed by atoms with E-state index in [1.54, 1.807) is 4.90 Å². The third-order valence-corrected chi connectivity index (χ3v) is 4.86. The number of carbonyl (C=O) groups excluding carboxylic acids is 4. The molecule has 138 valence electrons. The lowest BCUT2D eigenvalue weighted by Crippen LogP contribution is -2.44. The average Bonchev–Trinajstić information content (AvgIpc) is 2.98. The summed E-state index contributed by atoms with van der Waals surface area (Å²) in [4.78, 5) is 50.7. The summed E-state index contributed by atoms with van der Waals surface area (Å²) in [5.41, 5.74) is 0.708. The molecule has 7 nitrogen and oxygen atoms in total. The number of benzene rings is 1. The normalized spacial score (nSPS) is 20.4. The second-order valence-electron chi connectivity index (χ2n) is 6.68. The molecule has 2 saturated heterocycles. The van der Waals surface area contributed by atoms with E-state index in [9.17, 15) is 19.2 Å². The summed E-state index contributed by atoms with van der Waals surface area (Å²) in [6.45, 7) is 2.41. The molecule has 26 heavy (non-hydrogen) atoms. The van der Waals surface area contributed by atoms with Gasteiger partial charge in [0.1, 0.15) is 0 Å². The van der Waals surface area contributed by atoms with Crippen LogP contribution in [0.1, 0.15) is 49.4 Å². The van der Waals surface area contributed by atoms with Crippen LogP contribution in [-0.2, 0) is 19.1 Å². The molecule has 0 N–H and O–H groups in total. The van der Waals surface area contributed by atoms with Gasteiger partial charge in [0.05, 0.1) is 11.3 Å². The number of ether oxygens (including phenoxy) is 1. The van der Waals surface area contributed by atoms with Crippen molar-refractivity contribution in [2.24, 2.45) is 0 Å². The number of carbonyl (C=O) groups is 4. The van der Waals surface area contributed by atoms with Gasteiger partial charge >= 0.3 is 5.97 Å². The molecule has 2 fully saturated rings. The molecule has 0 radical (unpaired) electrons. The van der Waals surface area contributed by atoms with Crippen molar-refractivity contribution in [3.05, 3.63) is 29.8 Å². The smallest absolute Gasteiger partial charge is 0.338 e. The summed E-state index contributed by atoms with van der Waals surface area (Å²) in [5, 5.41) is 0. The Labute approximate surface area is 151 Å². The van der Waals surface area contributed by atoms with Crippen LogP contribution in [0.4, 0.5) is 5.69 Å². The quantitative estimate of drug-likeness (QED) is 0.606. The number of esters is 1. The van der Waals surface area contributed by atoms with Crippen molar-refractivity contribution in [3.63, 3.8) is 0 Å². The molecule has 0 saturated carbocycles. The van der Waals surface area contributed by atoms with E-state index in [1.807, 2.05) is 6.92 Å². The molecular formula is C19H22N2O5. The molecule has 2 aliphatic rings. The zero-order chi connectivity index (χ0) is 18.7. The SMILES string of the molecule is C[C@H]1CCCCN1C(=O)COC(=O)c1ccc(N2C(=O)CCC2=O)cc1. The Morgan fingerprint density at radius 3 is 2.35 bits per heavy atom. The fourth-order valence-corrected chi connectivity index (χ4v) is 3.37. The third kappa shape index (κ3) is 3.76. The summed E-state index contributed by atoms with van der Waals surface area (Å²) < 4.78 is 5.12. The van der Waals surface area contributed by atoms with E-state index in [4.69, 9.17) is 4.74 Å². The monoisotopic (exact) mass is 358 g/mol. The largest absolute Gasteiger partial charge is 0.452 e. The molecule has 2 aliphatic heterocycles. The van der Waals surface area contributed by atoms with Crippen molar-refractivity contribution < 1.29 is 23.9 Å². The van der Waals surface area contributed by atoms with Gasteiger partial charge in [-0.3, -0.25) is 19.3 Å². The van der Waals surface area contributed by atoms with Crippen molar-refractivity contribution in [2.45, 2.75) is 45.1 Å². The maximum atomic E-state index is 12.2. The van der Waals surface area contributed by atoms with Gasteiger partial charge in [-0.1, -0.05) is 0 Å². The number of rotatable bonds is 4. The first-order chi connectivity index (χ1) is 12.5. The molecule has 3 rings (SSSR count). The topological polar surface area (TPSA) is 84.0 Å². The van der Waals surface area contributed by atoms with Crippen LogP contribution in [0.5, 0.6) is 0 Å². The first-order valence-electron chi connectivity index (χ1n) is 8.90. The minimum atomic E-state index is -0.603. The highest BCUT2D eigenvalue weighted by atomic mass is 16.5. The minimum absolute atomic E-state index is 0.171. The van der Waals surface area contributed by atoms with Crippen LogP contribution in [-0.4, -0.2) is 47.8 Å². The molecule has 0 aromatic heterocycles. The highest BCUT2D eigenvalue weighted by Gasteiger charge is 2.30. The molecule has 7 heteroatoms. The maximum Gasteiger partial charge on any atom is 0.338 e. The van der Waals surface area contributed by atoms with E-state index in [2.05, 4.69) is 0 Å². The Hall–Kier alpha value is -2.70. The van der Waals surface area contributed by atoms with E-state index < -0.39 is 5.97 Å². The van der Waals surface area contributed by atoms with Crippen LogP contribution < -0.4 is 4.90 Å². The Kier molecular flexibility index (Phi) is 5.35. The lowest BCUT2D eigenvalue weighted by molar-refractivity contribution is -0.137. The fourth-order valence-electron chi connectivity index (χ4n) is 3.37. The summed E-state index contributed by atoms with van der Waals surface area (Å²) in [6, 6.07) is 6.22. The van der Waals surface area contributed by atoms with Gasteiger partial charge in [0.25, 0.3) is 5.91 Å². The molecule has 0 unspecified atom stereocenters. The first-order valence-corrected chi connectivity index (χ1v) is 8.90. The highest BCUT2D eigenvalue weighted by molar-refractivity contribution is 6.19. The van der Waals surface area contributed by atoms with E-state index >= 15 is 0 Å². The Morgan fingerprint density at radius 2 is 1.73 bits per heavy atom. The van der Waals surface area contributed by atoms with E-state index in [1.165, 1.54) is 24.3 Å². The van der Waals surface area contributed by atoms with Gasteiger partial charge in [-0.25, -0.2) is 4.79 Å². The minimum Gasteiger partial charge on any atom is -0.452 e. The molecule has 1 atom stereocenters. The zero-order valence-electron chi connectivity index (χ0n) is 14.8. The number of imide groups is 1. The standard InChI is InChI=1S/C19H22N2O5/c1-13-4-2-3-11-20(13)18(24)12-26-19(25)14-5-7-15(8-6-14)21-16(22)9-10-17(21)23/h5-8,13H,2-4,9-12H2,1H3/t13-/m0/s1. The van der Waals surface area contributed by atoms with Crippen LogP contribution >= 0.6 is 0 Å². The molecular weight excluding hydrogens is 336 g/mol. The molecule has 0 aliphatic carbocycles. The number of nitrogens with zero attached hydrogens (tertiary/aromatic N) is 2. The molecule has 0 bridgehead atoms. The molecule has 0 spiro atoms. The lowest BCUT2D eigenvalue weighted by atomic mass is 10.0. The molecule has 1 aromatic rings. The number of anilines is 1. The van der Waals surface area contributed by atoms with Gasteiger partial charge in [-0.15, -0.1) is 0 Å². The van der Waals surface area contributed by atoms with Crippen LogP contribution in [0.15, 0.2) is 24.3 Å². The Balaban J connectivity index is 1.57. The van der Waals surface area contributed by atoms with Crippen molar-refractivity contribution >= 4 is 29.4 Å². The number of hydrogen-bond donors (Lipinski definition) is 0. The fraction of sp³-hybridized carbons (Fsp3) is 0.474. The van der Waals surface area contributed by atoms with E-state index in [-0.39, 0.29) is 48.8 Å². The zero-order valence-corrected chi connectivity index (χ0v) is 14.8. The van der Waals surface area contributed by atoms with Crippen molar-refractivity contribution in [2.75, 3.05) is 18.1 Å². The van der Waals surface area contributed by atoms with Crippen LogP contribution in [0.3, 0.4) is 0 Å². The predicted octanol–water partition coefficient (Wildman–Crippen LogP) is 1.90. The van der Waals surface area contributed by atoms with Gasteiger partial charge in [0.15, 0.2) is 6.61 Å². The maximum absolute atomic E-state index is 12.2. The summed E-state index contributed by atoms with van der Waals surface area (Å²) in [6.07, 6.45) is 3.47. The number of amides is 3. The second kappa shape index (κ2) is 7.68. The van der Waals surface area contributed by atoms with Gasteiger partial charge in [0, 0.05) is 25.4 Å². The van der Waals surface area contributed by atoms with Crippen molar-refractivity contribution in [3.8, 4) is 0 Å². The van der Waals surface area contributed by atoms with Gasteiger partial charge in [0.2, 0.25) is 11.8 Å². The highest BCUT2D eigenvalue weighted by Crippen LogP contribution is 2.23. The van der Waals surface area contributed by atoms with Crippen LogP contribution in [0.2, 0.25) is 0 Å². The molecule has 1 aromatic carbocycles. The second-order valence-corrected chi connectivity index (χ2v) is 6.68. The molecule has 3 amide bonds. The van der Waals surface area contributed by atoms with Crippen LogP contribution in [0.25, 0.3) is 0 Å². The Morgan fingerprint density at radius 1 is 1.08 bits per heavy atom.